The summed E-state index contributed by atoms with van der Waals surface area (Å²) >= 11 is 6.28. The zero-order chi connectivity index (χ0) is 17.6. The van der Waals surface area contributed by atoms with Crippen molar-refractivity contribution in [2.24, 2.45) is 0 Å². The lowest BCUT2D eigenvalue weighted by Crippen LogP contribution is -2.48. The Morgan fingerprint density at radius 2 is 1.72 bits per heavy atom. The van der Waals surface area contributed by atoms with E-state index in [1.807, 2.05) is 42.5 Å². The highest BCUT2D eigenvalue weighted by Gasteiger charge is 2.20. The fourth-order valence-electron chi connectivity index (χ4n) is 3.20. The first-order chi connectivity index (χ1) is 12.2. The molecule has 2 aromatic rings. The molecule has 0 unspecified atom stereocenters. The van der Waals surface area contributed by atoms with Crippen molar-refractivity contribution < 1.29 is 4.79 Å². The third kappa shape index (κ3) is 4.53. The molecule has 0 aliphatic carbocycles. The molecule has 4 nitrogen and oxygen atoms in total. The molecule has 0 bridgehead atoms. The average Bonchev–Trinajstić information content (AvgIpc) is 2.63. The van der Waals surface area contributed by atoms with Gasteiger partial charge in [-0.05, 0) is 30.2 Å². The lowest BCUT2D eigenvalue weighted by molar-refractivity contribution is -0.117. The van der Waals surface area contributed by atoms with Gasteiger partial charge in [-0.15, -0.1) is 0 Å². The summed E-state index contributed by atoms with van der Waals surface area (Å²) in [6.45, 7) is 5.99. The Bertz CT molecular complexity index is 726. The zero-order valence-corrected chi connectivity index (χ0v) is 15.3. The van der Waals surface area contributed by atoms with Gasteiger partial charge in [0.2, 0.25) is 5.91 Å². The van der Waals surface area contributed by atoms with Crippen molar-refractivity contribution in [1.82, 2.24) is 4.90 Å². The van der Waals surface area contributed by atoms with E-state index >= 15 is 0 Å². The van der Waals surface area contributed by atoms with Gasteiger partial charge in [0.15, 0.2) is 0 Å². The molecule has 25 heavy (non-hydrogen) atoms. The van der Waals surface area contributed by atoms with Gasteiger partial charge in [0, 0.05) is 31.9 Å². The van der Waals surface area contributed by atoms with E-state index in [0.29, 0.717) is 6.54 Å². The van der Waals surface area contributed by atoms with E-state index in [-0.39, 0.29) is 5.91 Å². The summed E-state index contributed by atoms with van der Waals surface area (Å²) in [5.41, 5.74) is 3.16. The van der Waals surface area contributed by atoms with E-state index in [1.54, 1.807) is 0 Å². The quantitative estimate of drug-likeness (QED) is 0.887. The van der Waals surface area contributed by atoms with Crippen molar-refractivity contribution in [2.75, 3.05) is 42.9 Å². The predicted molar refractivity (Wildman–Crippen MR) is 105 cm³/mol. The monoisotopic (exact) mass is 357 g/mol. The Kier molecular flexibility index (Phi) is 5.95. The molecule has 1 aliphatic rings. The van der Waals surface area contributed by atoms with E-state index < -0.39 is 0 Å². The fourth-order valence-corrected chi connectivity index (χ4v) is 3.45. The lowest BCUT2D eigenvalue weighted by Gasteiger charge is -2.36. The van der Waals surface area contributed by atoms with E-state index in [9.17, 15) is 4.79 Å². The van der Waals surface area contributed by atoms with E-state index in [2.05, 4.69) is 28.1 Å². The van der Waals surface area contributed by atoms with Crippen LogP contribution >= 0.6 is 11.6 Å². The number of rotatable bonds is 5. The Morgan fingerprint density at radius 3 is 2.44 bits per heavy atom. The van der Waals surface area contributed by atoms with E-state index in [0.717, 1.165) is 49.0 Å². The van der Waals surface area contributed by atoms with Gasteiger partial charge in [0.1, 0.15) is 0 Å². The first kappa shape index (κ1) is 17.8. The van der Waals surface area contributed by atoms with Crippen molar-refractivity contribution >= 4 is 28.9 Å². The van der Waals surface area contributed by atoms with Crippen LogP contribution in [-0.4, -0.2) is 43.5 Å². The first-order valence-electron chi connectivity index (χ1n) is 8.77. The van der Waals surface area contributed by atoms with Gasteiger partial charge in [-0.25, -0.2) is 0 Å². The number of nitrogens with zero attached hydrogens (tertiary/aromatic N) is 2. The van der Waals surface area contributed by atoms with Crippen molar-refractivity contribution in [1.29, 1.82) is 0 Å². The summed E-state index contributed by atoms with van der Waals surface area (Å²) in [6, 6.07) is 15.9. The molecule has 1 N–H and O–H groups in total. The summed E-state index contributed by atoms with van der Waals surface area (Å²) in [5, 5.41) is 3.83. The summed E-state index contributed by atoms with van der Waals surface area (Å²) in [6.07, 6.45) is 0.910. The van der Waals surface area contributed by atoms with Crippen molar-refractivity contribution in [2.45, 2.75) is 13.3 Å². The molecule has 0 saturated carbocycles. The Balaban J connectivity index is 1.52. The molecule has 1 heterocycles. The molecule has 1 saturated heterocycles. The summed E-state index contributed by atoms with van der Waals surface area (Å²) in [4.78, 5) is 16.8. The number of hydrogen-bond donors (Lipinski definition) is 1. The van der Waals surface area contributed by atoms with Crippen molar-refractivity contribution in [3.8, 4) is 0 Å². The van der Waals surface area contributed by atoms with Crippen molar-refractivity contribution in [3.05, 3.63) is 59.1 Å². The summed E-state index contributed by atoms with van der Waals surface area (Å²) < 4.78 is 0. The molecule has 0 aromatic heterocycles. The van der Waals surface area contributed by atoms with Gasteiger partial charge >= 0.3 is 0 Å². The molecule has 1 amide bonds. The zero-order valence-electron chi connectivity index (χ0n) is 14.5. The highest BCUT2D eigenvalue weighted by Crippen LogP contribution is 2.26. The number of nitrogens with one attached hydrogen (secondary N) is 1. The molecule has 2 aromatic carbocycles. The van der Waals surface area contributed by atoms with Crippen LogP contribution in [0.15, 0.2) is 48.5 Å². The van der Waals surface area contributed by atoms with Gasteiger partial charge in [0.05, 0.1) is 17.3 Å². The van der Waals surface area contributed by atoms with Crippen LogP contribution in [0.2, 0.25) is 5.02 Å². The first-order valence-corrected chi connectivity index (χ1v) is 9.14. The van der Waals surface area contributed by atoms with Gasteiger partial charge in [0.25, 0.3) is 0 Å². The molecule has 1 aliphatic heterocycles. The van der Waals surface area contributed by atoms with Crippen LogP contribution in [-0.2, 0) is 11.2 Å². The molecule has 3 rings (SSSR count). The second-order valence-electron chi connectivity index (χ2n) is 6.27. The minimum Gasteiger partial charge on any atom is -0.368 e. The molecule has 0 spiro atoms. The maximum absolute atomic E-state index is 12.4. The Hall–Kier alpha value is -2.04. The number of anilines is 2. The molecule has 5 heteroatoms. The topological polar surface area (TPSA) is 35.6 Å². The summed E-state index contributed by atoms with van der Waals surface area (Å²) in [5.74, 6) is 0.0482. The average molecular weight is 358 g/mol. The fraction of sp³-hybridized carbons (Fsp3) is 0.350. The van der Waals surface area contributed by atoms with Crippen LogP contribution in [0.1, 0.15) is 12.5 Å². The maximum atomic E-state index is 12.4. The largest absolute Gasteiger partial charge is 0.368 e. The van der Waals surface area contributed by atoms with Crippen LogP contribution in [0.4, 0.5) is 11.4 Å². The lowest BCUT2D eigenvalue weighted by atomic mass is 10.1. The van der Waals surface area contributed by atoms with Crippen LogP contribution in [0.5, 0.6) is 0 Å². The van der Waals surface area contributed by atoms with E-state index in [4.69, 9.17) is 11.6 Å². The smallest absolute Gasteiger partial charge is 0.238 e. The van der Waals surface area contributed by atoms with Gasteiger partial charge in [-0.3, -0.25) is 9.69 Å². The highest BCUT2D eigenvalue weighted by atomic mass is 35.5. The number of halogens is 1. The predicted octanol–water partition coefficient (Wildman–Crippen LogP) is 3.66. The third-order valence-corrected chi connectivity index (χ3v) is 4.92. The SMILES string of the molecule is CCc1ccccc1NC(=O)CN1CCN(c2ccccc2Cl)CC1. The van der Waals surface area contributed by atoms with Crippen LogP contribution in [0.3, 0.4) is 0 Å². The van der Waals surface area contributed by atoms with Crippen LogP contribution < -0.4 is 10.2 Å². The number of benzene rings is 2. The highest BCUT2D eigenvalue weighted by molar-refractivity contribution is 6.33. The minimum atomic E-state index is 0.0482. The molecule has 0 radical (unpaired) electrons. The Morgan fingerprint density at radius 1 is 1.04 bits per heavy atom. The number of carbonyl (C=O) groups excluding carboxylic acids is 1. The second kappa shape index (κ2) is 8.37. The summed E-state index contributed by atoms with van der Waals surface area (Å²) in [7, 11) is 0. The number of carbonyl (C=O) groups is 1. The third-order valence-electron chi connectivity index (χ3n) is 4.60. The minimum absolute atomic E-state index is 0.0482. The number of hydrogen-bond acceptors (Lipinski definition) is 3. The maximum Gasteiger partial charge on any atom is 0.238 e. The molecular formula is C20H24ClN3O. The standard InChI is InChI=1S/C20H24ClN3O/c1-2-16-7-3-5-9-18(16)22-20(25)15-23-11-13-24(14-12-23)19-10-6-4-8-17(19)21/h3-10H,2,11-15H2,1H3,(H,22,25). The molecule has 132 valence electrons. The second-order valence-corrected chi connectivity index (χ2v) is 6.68. The molecule has 1 fully saturated rings. The number of piperazine rings is 1. The van der Waals surface area contributed by atoms with Gasteiger partial charge < -0.3 is 10.2 Å². The van der Waals surface area contributed by atoms with Crippen LogP contribution in [0, 0.1) is 0 Å². The number of para-hydroxylation sites is 2. The molecular weight excluding hydrogens is 334 g/mol. The van der Waals surface area contributed by atoms with Gasteiger partial charge in [-0.2, -0.15) is 0 Å². The normalized spacial score (nSPS) is 15.2. The number of amides is 1. The molecule has 0 atom stereocenters. The van der Waals surface area contributed by atoms with Crippen LogP contribution in [0.25, 0.3) is 0 Å². The Labute approximate surface area is 154 Å². The van der Waals surface area contributed by atoms with Gasteiger partial charge in [-0.1, -0.05) is 48.9 Å². The van der Waals surface area contributed by atoms with Crippen molar-refractivity contribution in [3.63, 3.8) is 0 Å². The number of aryl methyl sites for hydroxylation is 1. The van der Waals surface area contributed by atoms with E-state index in [1.165, 1.54) is 5.56 Å².